The molecular formula is C16H23N5O3S. The monoisotopic (exact) mass is 365 g/mol. The van der Waals surface area contributed by atoms with Gasteiger partial charge in [-0.25, -0.2) is 4.79 Å². The van der Waals surface area contributed by atoms with Crippen molar-refractivity contribution in [1.82, 2.24) is 25.4 Å². The predicted octanol–water partition coefficient (Wildman–Crippen LogP) is 2.66. The van der Waals surface area contributed by atoms with E-state index >= 15 is 0 Å². The number of nitrogens with one attached hydrogen (secondary N) is 2. The number of urea groups is 1. The number of hydrogen-bond donors (Lipinski definition) is 2. The van der Waals surface area contributed by atoms with Gasteiger partial charge in [0.1, 0.15) is 0 Å². The van der Waals surface area contributed by atoms with E-state index in [2.05, 4.69) is 20.8 Å². The molecule has 0 aliphatic rings. The maximum Gasteiger partial charge on any atom is 0.321 e. The number of thioether (sulfide) groups is 1. The first-order valence-electron chi connectivity index (χ1n) is 7.98. The number of rotatable bonds is 5. The molecule has 0 radical (unpaired) electrons. The number of carbonyl (C=O) groups excluding carboxylic acids is 2. The van der Waals surface area contributed by atoms with E-state index < -0.39 is 22.7 Å². The van der Waals surface area contributed by atoms with E-state index in [1.807, 2.05) is 32.3 Å². The second-order valence-corrected chi connectivity index (χ2v) is 7.79. The minimum atomic E-state index is -0.516. The molecule has 0 saturated carbocycles. The van der Waals surface area contributed by atoms with Gasteiger partial charge in [0, 0.05) is 12.1 Å². The summed E-state index contributed by atoms with van der Waals surface area (Å²) in [5, 5.41) is 13.4. The van der Waals surface area contributed by atoms with Gasteiger partial charge < -0.3 is 9.73 Å². The van der Waals surface area contributed by atoms with E-state index in [0.717, 1.165) is 0 Å². The Hall–Kier alpha value is -2.29. The van der Waals surface area contributed by atoms with Gasteiger partial charge in [0.25, 0.3) is 0 Å². The van der Waals surface area contributed by atoms with Crippen molar-refractivity contribution in [1.29, 1.82) is 0 Å². The quantitative estimate of drug-likeness (QED) is 0.790. The zero-order valence-corrected chi connectivity index (χ0v) is 15.8. The van der Waals surface area contributed by atoms with Crippen molar-refractivity contribution in [2.75, 3.05) is 0 Å². The van der Waals surface area contributed by atoms with E-state index in [4.69, 9.17) is 4.42 Å². The maximum atomic E-state index is 12.2. The Morgan fingerprint density at radius 2 is 2.08 bits per heavy atom. The summed E-state index contributed by atoms with van der Waals surface area (Å²) in [6.45, 7) is 9.83. The molecule has 9 heteroatoms. The fourth-order valence-corrected chi connectivity index (χ4v) is 2.96. The Labute approximate surface area is 150 Å². The Morgan fingerprint density at radius 1 is 1.36 bits per heavy atom. The first-order chi connectivity index (χ1) is 11.7. The second kappa shape index (κ2) is 7.73. The predicted molar refractivity (Wildman–Crippen MR) is 95.1 cm³/mol. The molecule has 2 N–H and O–H groups in total. The number of imide groups is 1. The maximum absolute atomic E-state index is 12.2. The van der Waals surface area contributed by atoms with Crippen molar-refractivity contribution in [3.05, 3.63) is 18.4 Å². The van der Waals surface area contributed by atoms with Gasteiger partial charge in [-0.2, -0.15) is 0 Å². The van der Waals surface area contributed by atoms with Gasteiger partial charge in [-0.05, 0) is 46.8 Å². The molecule has 1 atom stereocenters. The van der Waals surface area contributed by atoms with Crippen LogP contribution in [-0.4, -0.2) is 37.5 Å². The van der Waals surface area contributed by atoms with E-state index in [-0.39, 0.29) is 0 Å². The molecule has 25 heavy (non-hydrogen) atoms. The zero-order chi connectivity index (χ0) is 18.6. The number of nitrogens with zero attached hydrogens (tertiary/aromatic N) is 3. The Kier molecular flexibility index (Phi) is 5.89. The van der Waals surface area contributed by atoms with Crippen LogP contribution < -0.4 is 10.6 Å². The summed E-state index contributed by atoms with van der Waals surface area (Å²) >= 11 is 1.24. The van der Waals surface area contributed by atoms with Crippen molar-refractivity contribution in [2.24, 2.45) is 0 Å². The topological polar surface area (TPSA) is 102 Å². The van der Waals surface area contributed by atoms with Gasteiger partial charge in [-0.1, -0.05) is 11.8 Å². The highest BCUT2D eigenvalue weighted by Gasteiger charge is 2.23. The van der Waals surface area contributed by atoms with Crippen LogP contribution >= 0.6 is 11.8 Å². The summed E-state index contributed by atoms with van der Waals surface area (Å²) in [4.78, 5) is 24.0. The van der Waals surface area contributed by atoms with Crippen LogP contribution in [0.15, 0.2) is 28.0 Å². The third-order valence-corrected chi connectivity index (χ3v) is 4.23. The molecule has 0 spiro atoms. The van der Waals surface area contributed by atoms with Crippen LogP contribution in [0.3, 0.4) is 0 Å². The van der Waals surface area contributed by atoms with E-state index in [9.17, 15) is 9.59 Å². The molecular weight excluding hydrogens is 342 g/mol. The fraction of sp³-hybridized carbons (Fsp3) is 0.500. The van der Waals surface area contributed by atoms with Crippen molar-refractivity contribution >= 4 is 23.7 Å². The van der Waals surface area contributed by atoms with Gasteiger partial charge >= 0.3 is 6.03 Å². The van der Waals surface area contributed by atoms with E-state index in [1.54, 1.807) is 25.3 Å². The Morgan fingerprint density at radius 3 is 2.64 bits per heavy atom. The molecule has 3 amide bonds. The minimum Gasteiger partial charge on any atom is -0.461 e. The largest absolute Gasteiger partial charge is 0.461 e. The molecule has 2 aromatic heterocycles. The molecule has 0 saturated heterocycles. The van der Waals surface area contributed by atoms with Gasteiger partial charge in [-0.15, -0.1) is 10.2 Å². The minimum absolute atomic E-state index is 0.392. The van der Waals surface area contributed by atoms with Crippen LogP contribution in [0, 0.1) is 0 Å². The lowest BCUT2D eigenvalue weighted by atomic mass is 10.1. The van der Waals surface area contributed by atoms with E-state index in [0.29, 0.717) is 23.3 Å². The van der Waals surface area contributed by atoms with Crippen molar-refractivity contribution < 1.29 is 14.0 Å². The SMILES string of the molecule is CCn1c(SC(C)C(=O)NC(=O)NC(C)(C)C)nnc1-c1ccco1. The normalized spacial score (nSPS) is 12.7. The van der Waals surface area contributed by atoms with Crippen LogP contribution in [0.1, 0.15) is 34.6 Å². The zero-order valence-electron chi connectivity index (χ0n) is 15.0. The molecule has 1 unspecified atom stereocenters. The summed E-state index contributed by atoms with van der Waals surface area (Å²) in [7, 11) is 0. The fourth-order valence-electron chi connectivity index (χ4n) is 2.05. The molecule has 0 aliphatic carbocycles. The van der Waals surface area contributed by atoms with E-state index in [1.165, 1.54) is 11.8 Å². The smallest absolute Gasteiger partial charge is 0.321 e. The molecule has 0 fully saturated rings. The van der Waals surface area contributed by atoms with Crippen molar-refractivity contribution in [3.8, 4) is 11.6 Å². The van der Waals surface area contributed by atoms with Crippen LogP contribution in [0.25, 0.3) is 11.6 Å². The lowest BCUT2D eigenvalue weighted by molar-refractivity contribution is -0.119. The number of aromatic nitrogens is 3. The highest BCUT2D eigenvalue weighted by Crippen LogP contribution is 2.26. The molecule has 0 aromatic carbocycles. The van der Waals surface area contributed by atoms with Crippen LogP contribution in [0.2, 0.25) is 0 Å². The molecule has 136 valence electrons. The van der Waals surface area contributed by atoms with Gasteiger partial charge in [-0.3, -0.25) is 14.7 Å². The average molecular weight is 365 g/mol. The van der Waals surface area contributed by atoms with Gasteiger partial charge in [0.15, 0.2) is 16.7 Å². The highest BCUT2D eigenvalue weighted by molar-refractivity contribution is 8.00. The highest BCUT2D eigenvalue weighted by atomic mass is 32.2. The first kappa shape index (κ1) is 19.0. The van der Waals surface area contributed by atoms with Crippen molar-refractivity contribution in [3.63, 3.8) is 0 Å². The third-order valence-electron chi connectivity index (χ3n) is 3.15. The number of carbonyl (C=O) groups is 2. The number of amides is 3. The van der Waals surface area contributed by atoms with Crippen LogP contribution in [-0.2, 0) is 11.3 Å². The summed E-state index contributed by atoms with van der Waals surface area (Å²) in [6, 6.07) is 3.07. The van der Waals surface area contributed by atoms with Crippen LogP contribution in [0.5, 0.6) is 0 Å². The Balaban J connectivity index is 2.04. The Bertz CT molecular complexity index is 734. The van der Waals surface area contributed by atoms with Crippen LogP contribution in [0.4, 0.5) is 4.79 Å². The lowest BCUT2D eigenvalue weighted by Gasteiger charge is -2.21. The second-order valence-electron chi connectivity index (χ2n) is 6.48. The summed E-state index contributed by atoms with van der Waals surface area (Å²) in [5.74, 6) is 0.827. The molecule has 0 bridgehead atoms. The molecule has 0 aliphatic heterocycles. The molecule has 8 nitrogen and oxygen atoms in total. The standard InChI is InChI=1S/C16H23N5O3S/c1-6-21-12(11-8-7-9-24-11)19-20-15(21)25-10(2)13(22)17-14(23)18-16(3,4)5/h7-10H,6H2,1-5H3,(H2,17,18,22,23). The van der Waals surface area contributed by atoms with Gasteiger partial charge in [0.2, 0.25) is 5.91 Å². The molecule has 2 aromatic rings. The molecule has 2 rings (SSSR count). The average Bonchev–Trinajstić information content (AvgIpc) is 3.13. The number of furan rings is 1. The van der Waals surface area contributed by atoms with Gasteiger partial charge in [0.05, 0.1) is 11.5 Å². The third kappa shape index (κ3) is 5.09. The lowest BCUT2D eigenvalue weighted by Crippen LogP contribution is -2.49. The summed E-state index contributed by atoms with van der Waals surface area (Å²) in [5.41, 5.74) is -0.416. The summed E-state index contributed by atoms with van der Waals surface area (Å²) < 4.78 is 7.23. The number of hydrogen-bond acceptors (Lipinski definition) is 6. The first-order valence-corrected chi connectivity index (χ1v) is 8.86. The van der Waals surface area contributed by atoms with Crippen molar-refractivity contribution in [2.45, 2.75) is 57.1 Å². The summed E-state index contributed by atoms with van der Waals surface area (Å²) in [6.07, 6.45) is 1.57. The molecule has 2 heterocycles.